The number of ether oxygens (including phenoxy) is 1. The fourth-order valence-corrected chi connectivity index (χ4v) is 3.07. The van der Waals surface area contributed by atoms with Crippen molar-refractivity contribution in [2.45, 2.75) is 13.8 Å². The number of carbonyl (C=O) groups is 3. The third-order valence-electron chi connectivity index (χ3n) is 4.67. The number of hydrogen-bond acceptors (Lipinski definition) is 5. The second kappa shape index (κ2) is 8.65. The Balaban J connectivity index is 1.69. The van der Waals surface area contributed by atoms with Crippen LogP contribution in [0.2, 0.25) is 0 Å². The summed E-state index contributed by atoms with van der Waals surface area (Å²) in [6.45, 7) is 5.45. The standard InChI is InChI=1S/C21H23N3O4/c1-3-28-21(27)24-11-9-23(10-12-24)20(26)17-6-4-5-16(13-17)19-8-7-18(14-22-19)15(2)25/h4-8,13-14H,3,9-12H2,1-2H3. The van der Waals surface area contributed by atoms with Crippen LogP contribution in [0.15, 0.2) is 42.6 Å². The molecule has 0 atom stereocenters. The van der Waals surface area contributed by atoms with Crippen molar-refractivity contribution in [1.82, 2.24) is 14.8 Å². The second-order valence-corrected chi connectivity index (χ2v) is 6.55. The molecule has 28 heavy (non-hydrogen) atoms. The average molecular weight is 381 g/mol. The number of piperazine rings is 1. The molecule has 1 saturated heterocycles. The number of hydrogen-bond donors (Lipinski definition) is 0. The molecular formula is C21H23N3O4. The molecule has 3 rings (SSSR count). The van der Waals surface area contributed by atoms with Gasteiger partial charge >= 0.3 is 6.09 Å². The average Bonchev–Trinajstić information content (AvgIpc) is 2.73. The van der Waals surface area contributed by atoms with Gasteiger partial charge in [-0.3, -0.25) is 14.6 Å². The van der Waals surface area contributed by atoms with Crippen molar-refractivity contribution in [3.63, 3.8) is 0 Å². The lowest BCUT2D eigenvalue weighted by Gasteiger charge is -2.34. The molecule has 0 N–H and O–H groups in total. The van der Waals surface area contributed by atoms with Crippen molar-refractivity contribution in [1.29, 1.82) is 0 Å². The first-order valence-electron chi connectivity index (χ1n) is 9.28. The van der Waals surface area contributed by atoms with Gasteiger partial charge in [0.25, 0.3) is 5.91 Å². The van der Waals surface area contributed by atoms with Crippen molar-refractivity contribution in [3.8, 4) is 11.3 Å². The van der Waals surface area contributed by atoms with E-state index in [0.717, 1.165) is 5.56 Å². The molecule has 0 unspecified atom stereocenters. The van der Waals surface area contributed by atoms with Crippen LogP contribution in [0.4, 0.5) is 4.79 Å². The van der Waals surface area contributed by atoms with Crippen LogP contribution in [0, 0.1) is 0 Å². The largest absolute Gasteiger partial charge is 0.450 e. The molecule has 2 aromatic rings. The lowest BCUT2D eigenvalue weighted by molar-refractivity contribution is 0.0570. The Hall–Kier alpha value is -3.22. The summed E-state index contributed by atoms with van der Waals surface area (Å²) in [5.74, 6) is -0.115. The van der Waals surface area contributed by atoms with E-state index in [1.54, 1.807) is 47.2 Å². The van der Waals surface area contributed by atoms with Gasteiger partial charge in [0.05, 0.1) is 12.3 Å². The highest BCUT2D eigenvalue weighted by atomic mass is 16.6. The molecule has 7 nitrogen and oxygen atoms in total. The van der Waals surface area contributed by atoms with E-state index in [2.05, 4.69) is 4.98 Å². The molecule has 1 aromatic carbocycles. The Morgan fingerprint density at radius 1 is 1.00 bits per heavy atom. The number of ketones is 1. The molecule has 7 heteroatoms. The van der Waals surface area contributed by atoms with Gasteiger partial charge in [-0.1, -0.05) is 12.1 Å². The van der Waals surface area contributed by atoms with Crippen LogP contribution >= 0.6 is 0 Å². The maximum Gasteiger partial charge on any atom is 0.409 e. The summed E-state index contributed by atoms with van der Waals surface area (Å²) in [6.07, 6.45) is 1.21. The Kier molecular flexibility index (Phi) is 6.03. The van der Waals surface area contributed by atoms with Gasteiger partial charge < -0.3 is 14.5 Å². The van der Waals surface area contributed by atoms with E-state index in [9.17, 15) is 14.4 Å². The summed E-state index contributed by atoms with van der Waals surface area (Å²) in [7, 11) is 0. The fraction of sp³-hybridized carbons (Fsp3) is 0.333. The fourth-order valence-electron chi connectivity index (χ4n) is 3.07. The van der Waals surface area contributed by atoms with Crippen LogP contribution in [0.3, 0.4) is 0 Å². The van der Waals surface area contributed by atoms with Crippen molar-refractivity contribution in [2.75, 3.05) is 32.8 Å². The van der Waals surface area contributed by atoms with Gasteiger partial charge in [0.2, 0.25) is 0 Å². The topological polar surface area (TPSA) is 79.8 Å². The van der Waals surface area contributed by atoms with E-state index < -0.39 is 0 Å². The highest BCUT2D eigenvalue weighted by molar-refractivity contribution is 5.96. The summed E-state index contributed by atoms with van der Waals surface area (Å²) < 4.78 is 5.01. The van der Waals surface area contributed by atoms with Crippen molar-refractivity contribution >= 4 is 17.8 Å². The van der Waals surface area contributed by atoms with Crippen LogP contribution in [0.1, 0.15) is 34.6 Å². The second-order valence-electron chi connectivity index (χ2n) is 6.55. The monoisotopic (exact) mass is 381 g/mol. The molecule has 0 bridgehead atoms. The maximum absolute atomic E-state index is 12.9. The third-order valence-corrected chi connectivity index (χ3v) is 4.67. The Bertz CT molecular complexity index is 871. The van der Waals surface area contributed by atoms with E-state index in [1.807, 2.05) is 12.1 Å². The number of carbonyl (C=O) groups excluding carboxylic acids is 3. The van der Waals surface area contributed by atoms with Gasteiger partial charge in [0.15, 0.2) is 5.78 Å². The molecule has 0 aliphatic carbocycles. The number of nitrogens with zero attached hydrogens (tertiary/aromatic N) is 3. The van der Waals surface area contributed by atoms with Gasteiger partial charge in [-0.25, -0.2) is 4.79 Å². The normalized spacial score (nSPS) is 13.9. The zero-order chi connectivity index (χ0) is 20.1. The summed E-state index contributed by atoms with van der Waals surface area (Å²) >= 11 is 0. The maximum atomic E-state index is 12.9. The van der Waals surface area contributed by atoms with Gasteiger partial charge in [-0.15, -0.1) is 0 Å². The summed E-state index contributed by atoms with van der Waals surface area (Å²) in [4.78, 5) is 43.7. The zero-order valence-electron chi connectivity index (χ0n) is 16.1. The molecule has 1 fully saturated rings. The highest BCUT2D eigenvalue weighted by Gasteiger charge is 2.25. The molecule has 2 amide bonds. The minimum atomic E-state index is -0.336. The lowest BCUT2D eigenvalue weighted by atomic mass is 10.1. The third kappa shape index (κ3) is 4.36. The predicted octanol–water partition coefficient (Wildman–Crippen LogP) is 2.87. The lowest BCUT2D eigenvalue weighted by Crippen LogP contribution is -2.50. The molecule has 1 aromatic heterocycles. The molecule has 146 valence electrons. The van der Waals surface area contributed by atoms with Crippen molar-refractivity contribution < 1.29 is 19.1 Å². The zero-order valence-corrected chi connectivity index (χ0v) is 16.1. The van der Waals surface area contributed by atoms with Gasteiger partial charge in [0, 0.05) is 49.1 Å². The van der Waals surface area contributed by atoms with E-state index in [0.29, 0.717) is 49.6 Å². The van der Waals surface area contributed by atoms with E-state index in [4.69, 9.17) is 4.74 Å². The van der Waals surface area contributed by atoms with Crippen LogP contribution in [0.5, 0.6) is 0 Å². The van der Waals surface area contributed by atoms with Crippen LogP contribution in [0.25, 0.3) is 11.3 Å². The number of benzene rings is 1. The Morgan fingerprint density at radius 2 is 1.71 bits per heavy atom. The van der Waals surface area contributed by atoms with Crippen molar-refractivity contribution in [3.05, 3.63) is 53.7 Å². The quantitative estimate of drug-likeness (QED) is 0.761. The first kappa shape index (κ1) is 19.5. The predicted molar refractivity (Wildman–Crippen MR) is 104 cm³/mol. The molecule has 1 aliphatic rings. The number of amides is 2. The SMILES string of the molecule is CCOC(=O)N1CCN(C(=O)c2cccc(-c3ccc(C(C)=O)cn3)c2)CC1. The highest BCUT2D eigenvalue weighted by Crippen LogP contribution is 2.20. The molecule has 1 aliphatic heterocycles. The number of rotatable bonds is 4. The minimum Gasteiger partial charge on any atom is -0.450 e. The van der Waals surface area contributed by atoms with Gasteiger partial charge in [-0.05, 0) is 38.1 Å². The minimum absolute atomic E-state index is 0.0371. The number of pyridine rings is 1. The first-order valence-corrected chi connectivity index (χ1v) is 9.28. The summed E-state index contributed by atoms with van der Waals surface area (Å²) in [6, 6.07) is 10.8. The van der Waals surface area contributed by atoms with Gasteiger partial charge in [-0.2, -0.15) is 0 Å². The number of aromatic nitrogens is 1. The van der Waals surface area contributed by atoms with E-state index in [-0.39, 0.29) is 17.8 Å². The first-order chi connectivity index (χ1) is 13.5. The van der Waals surface area contributed by atoms with Crippen LogP contribution in [-0.2, 0) is 4.74 Å². The molecule has 0 radical (unpaired) electrons. The number of Topliss-reactive ketones (excluding diaryl/α,β-unsaturated/α-hetero) is 1. The molecule has 2 heterocycles. The molecule has 0 spiro atoms. The van der Waals surface area contributed by atoms with E-state index in [1.165, 1.54) is 6.92 Å². The molecule has 0 saturated carbocycles. The van der Waals surface area contributed by atoms with Crippen LogP contribution < -0.4 is 0 Å². The summed E-state index contributed by atoms with van der Waals surface area (Å²) in [5.41, 5.74) is 2.63. The Morgan fingerprint density at radius 3 is 2.32 bits per heavy atom. The smallest absolute Gasteiger partial charge is 0.409 e. The van der Waals surface area contributed by atoms with Crippen molar-refractivity contribution in [2.24, 2.45) is 0 Å². The molecular weight excluding hydrogens is 358 g/mol. The van der Waals surface area contributed by atoms with Gasteiger partial charge in [0.1, 0.15) is 0 Å². The summed E-state index contributed by atoms with van der Waals surface area (Å²) in [5, 5.41) is 0. The Labute approximate surface area is 163 Å². The van der Waals surface area contributed by atoms with E-state index >= 15 is 0 Å². The van der Waals surface area contributed by atoms with Crippen LogP contribution in [-0.4, -0.2) is 65.4 Å².